The van der Waals surface area contributed by atoms with Crippen LogP contribution in [0.4, 0.5) is 0 Å². The molecule has 94 valence electrons. The maximum atomic E-state index is 5.69. The van der Waals surface area contributed by atoms with Gasteiger partial charge in [0.25, 0.3) is 0 Å². The molecule has 1 aromatic heterocycles. The van der Waals surface area contributed by atoms with Gasteiger partial charge in [0.05, 0.1) is 12.3 Å². The van der Waals surface area contributed by atoms with Gasteiger partial charge in [-0.1, -0.05) is 0 Å². The molecule has 1 atom stereocenters. The number of piperidine rings is 1. The van der Waals surface area contributed by atoms with Crippen molar-refractivity contribution in [1.29, 1.82) is 0 Å². The molecular formula is C12H18ClN3O. The van der Waals surface area contributed by atoms with Gasteiger partial charge < -0.3 is 10.1 Å². The van der Waals surface area contributed by atoms with Gasteiger partial charge in [0, 0.05) is 12.8 Å². The zero-order chi connectivity index (χ0) is 11.9. The van der Waals surface area contributed by atoms with E-state index in [-0.39, 0.29) is 5.28 Å². The van der Waals surface area contributed by atoms with E-state index in [9.17, 15) is 0 Å². The Kier molecular flexibility index (Phi) is 5.16. The van der Waals surface area contributed by atoms with Crippen LogP contribution in [-0.4, -0.2) is 29.7 Å². The van der Waals surface area contributed by atoms with Gasteiger partial charge in [0.15, 0.2) is 0 Å². The van der Waals surface area contributed by atoms with Crippen molar-refractivity contribution in [3.8, 4) is 0 Å². The Balaban J connectivity index is 1.62. The van der Waals surface area contributed by atoms with Crippen LogP contribution in [0.3, 0.4) is 0 Å². The van der Waals surface area contributed by atoms with Crippen LogP contribution in [0.25, 0.3) is 0 Å². The first-order chi connectivity index (χ1) is 8.34. The minimum absolute atomic E-state index is 0.280. The third kappa shape index (κ3) is 4.58. The maximum absolute atomic E-state index is 5.69. The molecule has 0 aromatic carbocycles. The predicted octanol–water partition coefficient (Wildman–Crippen LogP) is 2.04. The highest BCUT2D eigenvalue weighted by Crippen LogP contribution is 2.14. The summed E-state index contributed by atoms with van der Waals surface area (Å²) in [6.07, 6.45) is 5.37. The highest BCUT2D eigenvalue weighted by atomic mass is 35.5. The molecule has 2 rings (SSSR count). The van der Waals surface area contributed by atoms with Crippen LogP contribution in [0, 0.1) is 5.92 Å². The summed E-state index contributed by atoms with van der Waals surface area (Å²) in [4.78, 5) is 7.91. The summed E-state index contributed by atoms with van der Waals surface area (Å²) in [6.45, 7) is 3.59. The fourth-order valence-corrected chi connectivity index (χ4v) is 2.21. The maximum Gasteiger partial charge on any atom is 0.222 e. The lowest BCUT2D eigenvalue weighted by molar-refractivity contribution is 0.101. The average Bonchev–Trinajstić information content (AvgIpc) is 2.36. The number of hydrogen-bond acceptors (Lipinski definition) is 4. The zero-order valence-electron chi connectivity index (χ0n) is 9.86. The normalized spacial score (nSPS) is 20.4. The summed E-state index contributed by atoms with van der Waals surface area (Å²) in [6, 6.07) is 1.83. The van der Waals surface area contributed by atoms with Gasteiger partial charge in [-0.2, -0.15) is 0 Å². The molecule has 0 aliphatic carbocycles. The number of halogens is 1. The van der Waals surface area contributed by atoms with Gasteiger partial charge in [-0.05, 0) is 55.9 Å². The topological polar surface area (TPSA) is 47.0 Å². The molecule has 1 saturated heterocycles. The third-order valence-corrected chi connectivity index (χ3v) is 3.19. The highest BCUT2D eigenvalue weighted by molar-refractivity contribution is 6.28. The first-order valence-electron chi connectivity index (χ1n) is 6.10. The second-order valence-electron chi connectivity index (χ2n) is 4.37. The zero-order valence-corrected chi connectivity index (χ0v) is 10.6. The third-order valence-electron chi connectivity index (χ3n) is 3.00. The molecule has 1 fully saturated rings. The molecule has 4 nitrogen and oxygen atoms in total. The van der Waals surface area contributed by atoms with Crippen LogP contribution in [0.2, 0.25) is 5.28 Å². The number of nitrogens with zero attached hydrogens (tertiary/aromatic N) is 2. The van der Waals surface area contributed by atoms with Crippen molar-refractivity contribution in [2.24, 2.45) is 5.92 Å². The van der Waals surface area contributed by atoms with E-state index in [1.807, 2.05) is 6.07 Å². The Hall–Kier alpha value is -0.710. The Morgan fingerprint density at radius 2 is 2.47 bits per heavy atom. The summed E-state index contributed by atoms with van der Waals surface area (Å²) in [5.74, 6) is 0.762. The van der Waals surface area contributed by atoms with Crippen molar-refractivity contribution in [3.05, 3.63) is 23.2 Å². The molecule has 17 heavy (non-hydrogen) atoms. The van der Waals surface area contributed by atoms with E-state index >= 15 is 0 Å². The fraction of sp³-hybridized carbons (Fsp3) is 0.667. The second kappa shape index (κ2) is 6.89. The minimum atomic E-state index is 0.280. The van der Waals surface area contributed by atoms with Crippen LogP contribution < -0.4 is 5.32 Å². The van der Waals surface area contributed by atoms with Gasteiger partial charge in [0.1, 0.15) is 0 Å². The Morgan fingerprint density at radius 1 is 1.53 bits per heavy atom. The predicted molar refractivity (Wildman–Crippen MR) is 66.9 cm³/mol. The van der Waals surface area contributed by atoms with E-state index in [0.29, 0.717) is 6.61 Å². The number of rotatable bonds is 5. The van der Waals surface area contributed by atoms with Gasteiger partial charge in [0.2, 0.25) is 5.28 Å². The minimum Gasteiger partial charge on any atom is -0.375 e. The first kappa shape index (κ1) is 12.7. The molecule has 0 saturated carbocycles. The lowest BCUT2D eigenvalue weighted by Gasteiger charge is -2.22. The van der Waals surface area contributed by atoms with Crippen LogP contribution in [0.1, 0.15) is 25.0 Å². The highest BCUT2D eigenvalue weighted by Gasteiger charge is 2.12. The van der Waals surface area contributed by atoms with Crippen molar-refractivity contribution < 1.29 is 4.74 Å². The summed E-state index contributed by atoms with van der Waals surface area (Å²) in [5, 5.41) is 3.69. The summed E-state index contributed by atoms with van der Waals surface area (Å²) >= 11 is 5.69. The lowest BCUT2D eigenvalue weighted by atomic mass is 9.97. The molecule has 0 unspecified atom stereocenters. The standard InChI is InChI=1S/C12H18ClN3O/c13-12-15-6-3-11(16-12)9-17-7-4-10-2-1-5-14-8-10/h3,6,10,14H,1-2,4-5,7-9H2/t10-/m0/s1. The molecule has 1 aliphatic rings. The number of ether oxygens (including phenoxy) is 1. The molecule has 1 aromatic rings. The van der Waals surface area contributed by atoms with Crippen LogP contribution in [0.15, 0.2) is 12.3 Å². The molecule has 2 heterocycles. The van der Waals surface area contributed by atoms with Crippen LogP contribution in [0.5, 0.6) is 0 Å². The van der Waals surface area contributed by atoms with E-state index in [2.05, 4.69) is 15.3 Å². The van der Waals surface area contributed by atoms with Crippen molar-refractivity contribution >= 4 is 11.6 Å². The molecule has 1 aliphatic heterocycles. The second-order valence-corrected chi connectivity index (χ2v) is 4.71. The quantitative estimate of drug-likeness (QED) is 0.646. The summed E-state index contributed by atoms with van der Waals surface area (Å²) < 4.78 is 5.60. The molecular weight excluding hydrogens is 238 g/mol. The lowest BCUT2D eigenvalue weighted by Crippen LogP contribution is -2.30. The molecule has 0 radical (unpaired) electrons. The van der Waals surface area contributed by atoms with E-state index < -0.39 is 0 Å². The molecule has 0 bridgehead atoms. The Labute approximate surface area is 107 Å². The fourth-order valence-electron chi connectivity index (χ4n) is 2.05. The summed E-state index contributed by atoms with van der Waals surface area (Å²) in [5.41, 5.74) is 0.840. The van der Waals surface area contributed by atoms with Gasteiger partial charge in [-0.25, -0.2) is 9.97 Å². The summed E-state index contributed by atoms with van der Waals surface area (Å²) in [7, 11) is 0. The van der Waals surface area contributed by atoms with E-state index in [1.54, 1.807) is 6.20 Å². The number of nitrogens with one attached hydrogen (secondary N) is 1. The first-order valence-corrected chi connectivity index (χ1v) is 6.48. The Bertz CT molecular complexity index is 342. The van der Waals surface area contributed by atoms with Crippen molar-refractivity contribution in [3.63, 3.8) is 0 Å². The number of aromatic nitrogens is 2. The van der Waals surface area contributed by atoms with E-state index in [0.717, 1.165) is 37.7 Å². The van der Waals surface area contributed by atoms with Crippen molar-refractivity contribution in [2.75, 3.05) is 19.7 Å². The Morgan fingerprint density at radius 3 is 3.24 bits per heavy atom. The van der Waals surface area contributed by atoms with Crippen molar-refractivity contribution in [1.82, 2.24) is 15.3 Å². The monoisotopic (exact) mass is 255 g/mol. The molecule has 0 amide bonds. The van der Waals surface area contributed by atoms with Crippen LogP contribution >= 0.6 is 11.6 Å². The van der Waals surface area contributed by atoms with Gasteiger partial charge in [-0.15, -0.1) is 0 Å². The molecule has 0 spiro atoms. The smallest absolute Gasteiger partial charge is 0.222 e. The molecule has 1 N–H and O–H groups in total. The van der Waals surface area contributed by atoms with E-state index in [1.165, 1.54) is 12.8 Å². The SMILES string of the molecule is Clc1nccc(COCC[C@@H]2CCCNC2)n1. The average molecular weight is 256 g/mol. The van der Waals surface area contributed by atoms with Gasteiger partial charge in [-0.3, -0.25) is 0 Å². The largest absolute Gasteiger partial charge is 0.375 e. The van der Waals surface area contributed by atoms with Crippen LogP contribution in [-0.2, 0) is 11.3 Å². The number of hydrogen-bond donors (Lipinski definition) is 1. The van der Waals surface area contributed by atoms with Crippen molar-refractivity contribution in [2.45, 2.75) is 25.9 Å². The van der Waals surface area contributed by atoms with E-state index in [4.69, 9.17) is 16.3 Å². The molecule has 5 heteroatoms. The van der Waals surface area contributed by atoms with Gasteiger partial charge >= 0.3 is 0 Å².